The molecule has 0 unspecified atom stereocenters. The highest BCUT2D eigenvalue weighted by Gasteiger charge is 2.20. The topological polar surface area (TPSA) is 89.4 Å². The van der Waals surface area contributed by atoms with Gasteiger partial charge in [0.05, 0.1) is 30.7 Å². The van der Waals surface area contributed by atoms with Crippen LogP contribution in [0.15, 0.2) is 36.8 Å². The smallest absolute Gasteiger partial charge is 0.228 e. The van der Waals surface area contributed by atoms with E-state index in [4.69, 9.17) is 9.47 Å². The third-order valence-corrected chi connectivity index (χ3v) is 4.67. The second-order valence-corrected chi connectivity index (χ2v) is 6.30. The Morgan fingerprint density at radius 3 is 3.15 bits per heavy atom. The fourth-order valence-electron chi connectivity index (χ4n) is 3.36. The van der Waals surface area contributed by atoms with Crippen LogP contribution < -0.4 is 10.1 Å². The molecule has 0 aromatic carbocycles. The summed E-state index contributed by atoms with van der Waals surface area (Å²) >= 11 is 0. The number of aromatic amines is 1. The highest BCUT2D eigenvalue weighted by atomic mass is 16.5. The minimum Gasteiger partial charge on any atom is -0.480 e. The number of hydrogen-bond acceptors (Lipinski definition) is 6. The highest BCUT2D eigenvalue weighted by Crippen LogP contribution is 2.34. The number of methoxy groups -OCH3 is 1. The second kappa shape index (κ2) is 5.99. The molecule has 8 nitrogen and oxygen atoms in total. The van der Waals surface area contributed by atoms with Gasteiger partial charge in [0.15, 0.2) is 0 Å². The van der Waals surface area contributed by atoms with Gasteiger partial charge in [0.2, 0.25) is 11.8 Å². The second-order valence-electron chi connectivity index (χ2n) is 6.30. The molecule has 132 valence electrons. The lowest BCUT2D eigenvalue weighted by Gasteiger charge is -2.12. The molecule has 1 saturated heterocycles. The van der Waals surface area contributed by atoms with E-state index in [9.17, 15) is 0 Å². The van der Waals surface area contributed by atoms with Gasteiger partial charge in [-0.25, -0.2) is 4.52 Å². The number of nitrogens with zero attached hydrogens (tertiary/aromatic N) is 4. The number of anilines is 1. The number of pyridine rings is 1. The predicted molar refractivity (Wildman–Crippen MR) is 97.5 cm³/mol. The Balaban J connectivity index is 1.60. The van der Waals surface area contributed by atoms with E-state index in [2.05, 4.69) is 31.4 Å². The van der Waals surface area contributed by atoms with Crippen molar-refractivity contribution in [1.29, 1.82) is 0 Å². The van der Waals surface area contributed by atoms with Crippen molar-refractivity contribution in [2.24, 2.45) is 0 Å². The molecule has 0 aliphatic carbocycles. The quantitative estimate of drug-likeness (QED) is 0.588. The van der Waals surface area contributed by atoms with Crippen molar-refractivity contribution in [3.8, 4) is 17.0 Å². The van der Waals surface area contributed by atoms with Crippen LogP contribution in [0.2, 0.25) is 0 Å². The number of rotatable bonds is 4. The molecule has 0 saturated carbocycles. The number of aromatic nitrogens is 5. The lowest BCUT2D eigenvalue weighted by molar-refractivity contribution is 0.195. The van der Waals surface area contributed by atoms with Crippen LogP contribution in [0, 0.1) is 0 Å². The highest BCUT2D eigenvalue weighted by molar-refractivity contribution is 5.98. The SMILES string of the molecule is COc1nc(N[C@H]2CCOC2)nc2[nH]cc(-c3ccn4nccc4c3)c12. The van der Waals surface area contributed by atoms with Crippen LogP contribution in [0.1, 0.15) is 6.42 Å². The minimum atomic E-state index is 0.232. The zero-order chi connectivity index (χ0) is 17.5. The Morgan fingerprint density at radius 2 is 2.31 bits per heavy atom. The molecule has 0 amide bonds. The van der Waals surface area contributed by atoms with Crippen molar-refractivity contribution in [2.75, 3.05) is 25.6 Å². The van der Waals surface area contributed by atoms with E-state index in [0.717, 1.165) is 40.7 Å². The summed E-state index contributed by atoms with van der Waals surface area (Å²) in [6.45, 7) is 1.44. The fourth-order valence-corrected chi connectivity index (χ4v) is 3.36. The van der Waals surface area contributed by atoms with Gasteiger partial charge in [-0.15, -0.1) is 0 Å². The predicted octanol–water partition coefficient (Wildman–Crippen LogP) is 2.48. The molecular weight excluding hydrogens is 332 g/mol. The zero-order valence-electron chi connectivity index (χ0n) is 14.3. The van der Waals surface area contributed by atoms with Crippen molar-refractivity contribution in [2.45, 2.75) is 12.5 Å². The molecular formula is C18H18N6O2. The largest absolute Gasteiger partial charge is 0.480 e. The molecule has 0 radical (unpaired) electrons. The van der Waals surface area contributed by atoms with E-state index in [-0.39, 0.29) is 6.04 Å². The van der Waals surface area contributed by atoms with Crippen LogP contribution >= 0.6 is 0 Å². The molecule has 2 N–H and O–H groups in total. The van der Waals surface area contributed by atoms with Gasteiger partial charge in [-0.2, -0.15) is 15.1 Å². The number of hydrogen-bond donors (Lipinski definition) is 2. The average Bonchev–Trinajstić information content (AvgIpc) is 3.40. The number of H-pyrrole nitrogens is 1. The van der Waals surface area contributed by atoms with Crippen molar-refractivity contribution in [3.05, 3.63) is 36.8 Å². The normalized spacial score (nSPS) is 17.2. The Morgan fingerprint density at radius 1 is 1.35 bits per heavy atom. The van der Waals surface area contributed by atoms with E-state index in [1.807, 2.05) is 29.0 Å². The first-order chi connectivity index (χ1) is 12.8. The summed E-state index contributed by atoms with van der Waals surface area (Å²) in [6, 6.07) is 6.30. The van der Waals surface area contributed by atoms with E-state index in [1.165, 1.54) is 0 Å². The summed E-state index contributed by atoms with van der Waals surface area (Å²) in [7, 11) is 1.63. The zero-order valence-corrected chi connectivity index (χ0v) is 14.3. The molecule has 1 aliphatic rings. The van der Waals surface area contributed by atoms with Gasteiger partial charge in [-0.1, -0.05) is 0 Å². The molecule has 8 heteroatoms. The first-order valence-electron chi connectivity index (χ1n) is 8.53. The van der Waals surface area contributed by atoms with Gasteiger partial charge in [0.25, 0.3) is 0 Å². The standard InChI is InChI=1S/C18H18N6O2/c1-25-17-15-14(11-3-6-24-13(8-11)2-5-20-24)9-19-16(15)22-18(23-17)21-12-4-7-26-10-12/h2-3,5-6,8-9,12H,4,7,10H2,1H3,(H2,19,21,22,23)/t12-/m0/s1. The number of ether oxygens (including phenoxy) is 2. The minimum absolute atomic E-state index is 0.232. The first kappa shape index (κ1) is 15.2. The van der Waals surface area contributed by atoms with Crippen LogP contribution in [0.3, 0.4) is 0 Å². The summed E-state index contributed by atoms with van der Waals surface area (Å²) in [5.74, 6) is 1.09. The Bertz CT molecular complexity index is 1080. The van der Waals surface area contributed by atoms with E-state index < -0.39 is 0 Å². The van der Waals surface area contributed by atoms with Crippen molar-refractivity contribution < 1.29 is 9.47 Å². The summed E-state index contributed by atoms with van der Waals surface area (Å²) in [5.41, 5.74) is 3.81. The molecule has 1 aliphatic heterocycles. The van der Waals surface area contributed by atoms with Gasteiger partial charge in [-0.3, -0.25) is 0 Å². The van der Waals surface area contributed by atoms with Gasteiger partial charge >= 0.3 is 0 Å². The maximum atomic E-state index is 5.57. The monoisotopic (exact) mass is 350 g/mol. The van der Waals surface area contributed by atoms with Crippen molar-refractivity contribution in [1.82, 2.24) is 24.6 Å². The first-order valence-corrected chi connectivity index (χ1v) is 8.53. The van der Waals surface area contributed by atoms with Crippen molar-refractivity contribution >= 4 is 22.5 Å². The van der Waals surface area contributed by atoms with Crippen molar-refractivity contribution in [3.63, 3.8) is 0 Å². The Hall–Kier alpha value is -3.13. The van der Waals surface area contributed by atoms with Gasteiger partial charge < -0.3 is 19.8 Å². The Kier molecular flexibility index (Phi) is 3.49. The van der Waals surface area contributed by atoms with Crippen LogP contribution in [-0.2, 0) is 4.74 Å². The Labute approximate surface area is 149 Å². The summed E-state index contributed by atoms with van der Waals surface area (Å²) in [5, 5.41) is 8.42. The van der Waals surface area contributed by atoms with E-state index in [1.54, 1.807) is 13.3 Å². The van der Waals surface area contributed by atoms with Gasteiger partial charge in [0.1, 0.15) is 5.65 Å². The molecule has 0 bridgehead atoms. The fraction of sp³-hybridized carbons (Fsp3) is 0.278. The third kappa shape index (κ3) is 2.46. The number of fused-ring (bicyclic) bond motifs is 2. The molecule has 1 fully saturated rings. The molecule has 1 atom stereocenters. The maximum absolute atomic E-state index is 5.57. The third-order valence-electron chi connectivity index (χ3n) is 4.67. The lowest BCUT2D eigenvalue weighted by Crippen LogP contribution is -2.20. The summed E-state index contributed by atoms with van der Waals surface area (Å²) < 4.78 is 12.8. The molecule has 4 aromatic heterocycles. The average molecular weight is 350 g/mol. The van der Waals surface area contributed by atoms with Crippen LogP contribution in [-0.4, -0.2) is 50.9 Å². The van der Waals surface area contributed by atoms with E-state index >= 15 is 0 Å². The maximum Gasteiger partial charge on any atom is 0.228 e. The molecule has 4 aromatic rings. The van der Waals surface area contributed by atoms with Gasteiger partial charge in [-0.05, 0) is 30.2 Å². The van der Waals surface area contributed by atoms with E-state index in [0.29, 0.717) is 18.4 Å². The lowest BCUT2D eigenvalue weighted by atomic mass is 10.1. The van der Waals surface area contributed by atoms with Crippen LogP contribution in [0.25, 0.3) is 27.7 Å². The summed E-state index contributed by atoms with van der Waals surface area (Å²) in [6.07, 6.45) is 6.60. The van der Waals surface area contributed by atoms with Crippen LogP contribution in [0.4, 0.5) is 5.95 Å². The molecule has 5 rings (SSSR count). The molecule has 26 heavy (non-hydrogen) atoms. The van der Waals surface area contributed by atoms with Crippen LogP contribution in [0.5, 0.6) is 5.88 Å². The number of nitrogens with one attached hydrogen (secondary N) is 2. The molecule has 5 heterocycles. The summed E-state index contributed by atoms with van der Waals surface area (Å²) in [4.78, 5) is 12.4. The molecule has 0 spiro atoms. The van der Waals surface area contributed by atoms with Gasteiger partial charge in [0, 0.05) is 30.8 Å².